The molecular formula is C24H26N4O2S. The van der Waals surface area contributed by atoms with Gasteiger partial charge in [0.1, 0.15) is 11.8 Å². The standard InChI is InChI=1S/C24H26N4O2S/c1-29-21-12-3-2-10-19(21)28-23(22(26-24(28)31)18-9-4-5-13-25-18)20-11-6-14-27(20)16-17-8-7-15-30-17/h2-6,9-14,17,22-23H,7-8,15-16H2,1H3,(H,26,31)/t17-,22-,23+/m0/s1. The lowest BCUT2D eigenvalue weighted by Gasteiger charge is -2.30. The van der Waals surface area contributed by atoms with Crippen molar-refractivity contribution in [1.29, 1.82) is 0 Å². The number of ether oxygens (including phenoxy) is 2. The predicted molar refractivity (Wildman–Crippen MR) is 124 cm³/mol. The number of methoxy groups -OCH3 is 1. The van der Waals surface area contributed by atoms with Crippen LogP contribution >= 0.6 is 12.2 Å². The molecule has 6 nitrogen and oxygen atoms in total. The quantitative estimate of drug-likeness (QED) is 0.586. The highest BCUT2D eigenvalue weighted by Gasteiger charge is 2.43. The molecule has 31 heavy (non-hydrogen) atoms. The van der Waals surface area contributed by atoms with Crippen LogP contribution in [0.4, 0.5) is 5.69 Å². The molecule has 2 aromatic heterocycles. The molecule has 0 unspecified atom stereocenters. The minimum absolute atomic E-state index is 0.0740. The first-order chi connectivity index (χ1) is 15.3. The second-order valence-corrected chi connectivity index (χ2v) is 8.28. The van der Waals surface area contributed by atoms with Crippen molar-refractivity contribution in [1.82, 2.24) is 14.9 Å². The third kappa shape index (κ3) is 3.79. The summed E-state index contributed by atoms with van der Waals surface area (Å²) in [4.78, 5) is 6.81. The van der Waals surface area contributed by atoms with Gasteiger partial charge in [-0.05, 0) is 61.5 Å². The third-order valence-electron chi connectivity index (χ3n) is 6.03. The minimum atomic E-state index is -0.0863. The van der Waals surface area contributed by atoms with Gasteiger partial charge in [-0.1, -0.05) is 18.2 Å². The summed E-state index contributed by atoms with van der Waals surface area (Å²) in [6.07, 6.45) is 6.43. The molecule has 0 radical (unpaired) electrons. The van der Waals surface area contributed by atoms with Gasteiger partial charge in [-0.2, -0.15) is 0 Å². The highest BCUT2D eigenvalue weighted by atomic mass is 32.1. The Kier molecular flexibility index (Phi) is 5.61. The Morgan fingerprint density at radius 2 is 2.03 bits per heavy atom. The van der Waals surface area contributed by atoms with E-state index in [9.17, 15) is 0 Å². The van der Waals surface area contributed by atoms with E-state index in [-0.39, 0.29) is 18.2 Å². The van der Waals surface area contributed by atoms with E-state index in [1.54, 1.807) is 7.11 Å². The van der Waals surface area contributed by atoms with Crippen LogP contribution in [-0.4, -0.2) is 34.5 Å². The summed E-state index contributed by atoms with van der Waals surface area (Å²) in [6.45, 7) is 1.68. The van der Waals surface area contributed by atoms with Crippen molar-refractivity contribution in [2.75, 3.05) is 18.6 Å². The number of aromatic nitrogens is 2. The second-order valence-electron chi connectivity index (χ2n) is 7.89. The van der Waals surface area contributed by atoms with Crippen LogP contribution in [0.3, 0.4) is 0 Å². The molecule has 0 saturated carbocycles. The molecule has 7 heteroatoms. The summed E-state index contributed by atoms with van der Waals surface area (Å²) >= 11 is 5.84. The summed E-state index contributed by atoms with van der Waals surface area (Å²) in [5.41, 5.74) is 3.07. The van der Waals surface area contributed by atoms with Crippen molar-refractivity contribution < 1.29 is 9.47 Å². The summed E-state index contributed by atoms with van der Waals surface area (Å²) in [6, 6.07) is 18.1. The molecule has 0 aliphatic carbocycles. The van der Waals surface area contributed by atoms with Gasteiger partial charge in [-0.3, -0.25) is 4.98 Å². The molecule has 3 atom stereocenters. The zero-order chi connectivity index (χ0) is 21.2. The van der Waals surface area contributed by atoms with Crippen molar-refractivity contribution >= 4 is 23.0 Å². The van der Waals surface area contributed by atoms with Crippen LogP contribution in [-0.2, 0) is 11.3 Å². The molecule has 5 rings (SSSR count). The van der Waals surface area contributed by atoms with Gasteiger partial charge in [0.25, 0.3) is 0 Å². The zero-order valence-electron chi connectivity index (χ0n) is 17.5. The molecule has 0 bridgehead atoms. The summed E-state index contributed by atoms with van der Waals surface area (Å²) in [5, 5.41) is 4.19. The molecule has 2 saturated heterocycles. The molecule has 0 amide bonds. The van der Waals surface area contributed by atoms with E-state index in [1.165, 1.54) is 5.69 Å². The Bertz CT molecular complexity index is 1050. The van der Waals surface area contributed by atoms with Crippen molar-refractivity contribution in [3.63, 3.8) is 0 Å². The Morgan fingerprint density at radius 3 is 2.81 bits per heavy atom. The number of hydrogen-bond acceptors (Lipinski definition) is 4. The van der Waals surface area contributed by atoms with Crippen LogP contribution < -0.4 is 15.0 Å². The van der Waals surface area contributed by atoms with E-state index >= 15 is 0 Å². The molecule has 2 aliphatic heterocycles. The van der Waals surface area contributed by atoms with E-state index in [2.05, 4.69) is 38.1 Å². The third-order valence-corrected chi connectivity index (χ3v) is 6.35. The predicted octanol–water partition coefficient (Wildman–Crippen LogP) is 4.25. The molecular weight excluding hydrogens is 408 g/mol. The van der Waals surface area contributed by atoms with E-state index in [4.69, 9.17) is 21.7 Å². The van der Waals surface area contributed by atoms with E-state index < -0.39 is 0 Å². The number of hydrogen-bond donors (Lipinski definition) is 1. The molecule has 2 aliphatic rings. The lowest BCUT2D eigenvalue weighted by atomic mass is 10.0. The van der Waals surface area contributed by atoms with Crippen LogP contribution in [0, 0.1) is 0 Å². The maximum Gasteiger partial charge on any atom is 0.174 e. The monoisotopic (exact) mass is 434 g/mol. The molecule has 4 heterocycles. The SMILES string of the molecule is COc1ccccc1N1C(=S)N[C@@H](c2ccccn2)[C@H]1c1cccn1C[C@@H]1CCCO1. The van der Waals surface area contributed by atoms with Gasteiger partial charge in [0.2, 0.25) is 0 Å². The van der Waals surface area contributed by atoms with Crippen LogP contribution in [0.1, 0.15) is 36.3 Å². The molecule has 1 aromatic carbocycles. The highest BCUT2D eigenvalue weighted by molar-refractivity contribution is 7.80. The van der Waals surface area contributed by atoms with Crippen LogP contribution in [0.2, 0.25) is 0 Å². The van der Waals surface area contributed by atoms with Crippen LogP contribution in [0.5, 0.6) is 5.75 Å². The molecule has 0 spiro atoms. The average Bonchev–Trinajstić information content (AvgIpc) is 3.55. The topological polar surface area (TPSA) is 51.5 Å². The van der Waals surface area contributed by atoms with E-state index in [1.807, 2.05) is 48.7 Å². The van der Waals surface area contributed by atoms with Gasteiger partial charge in [0.15, 0.2) is 5.11 Å². The maximum absolute atomic E-state index is 5.92. The zero-order valence-corrected chi connectivity index (χ0v) is 18.3. The normalized spacial score (nSPS) is 23.2. The molecule has 3 aromatic rings. The Labute approximate surface area is 187 Å². The number of pyridine rings is 1. The second kappa shape index (κ2) is 8.69. The lowest BCUT2D eigenvalue weighted by Crippen LogP contribution is -2.31. The Hall–Kier alpha value is -2.90. The minimum Gasteiger partial charge on any atom is -0.495 e. The largest absolute Gasteiger partial charge is 0.495 e. The first-order valence-corrected chi connectivity index (χ1v) is 11.1. The highest BCUT2D eigenvalue weighted by Crippen LogP contribution is 2.44. The molecule has 160 valence electrons. The number of thiocarbonyl (C=S) groups is 1. The molecule has 1 N–H and O–H groups in total. The van der Waals surface area contributed by atoms with E-state index in [0.717, 1.165) is 43.1 Å². The van der Waals surface area contributed by atoms with Gasteiger partial charge in [0.05, 0.1) is 30.6 Å². The Balaban J connectivity index is 1.60. The van der Waals surface area contributed by atoms with Crippen molar-refractivity contribution in [2.45, 2.75) is 37.6 Å². The Morgan fingerprint density at radius 1 is 1.16 bits per heavy atom. The fourth-order valence-electron chi connectivity index (χ4n) is 4.61. The number of benzene rings is 1. The first kappa shape index (κ1) is 20.0. The van der Waals surface area contributed by atoms with Gasteiger partial charge < -0.3 is 24.3 Å². The average molecular weight is 435 g/mol. The van der Waals surface area contributed by atoms with Crippen molar-refractivity contribution in [2.24, 2.45) is 0 Å². The maximum atomic E-state index is 5.92. The first-order valence-electron chi connectivity index (χ1n) is 10.7. The van der Waals surface area contributed by atoms with Crippen molar-refractivity contribution in [3.8, 4) is 5.75 Å². The lowest BCUT2D eigenvalue weighted by molar-refractivity contribution is 0.0961. The number of para-hydroxylation sites is 2. The van der Waals surface area contributed by atoms with E-state index in [0.29, 0.717) is 5.11 Å². The summed E-state index contributed by atoms with van der Waals surface area (Å²) in [7, 11) is 1.69. The van der Waals surface area contributed by atoms with Gasteiger partial charge in [-0.25, -0.2) is 0 Å². The van der Waals surface area contributed by atoms with Gasteiger partial charge in [-0.15, -0.1) is 0 Å². The number of nitrogens with zero attached hydrogens (tertiary/aromatic N) is 3. The van der Waals surface area contributed by atoms with Crippen molar-refractivity contribution in [3.05, 3.63) is 78.4 Å². The molecule has 2 fully saturated rings. The van der Waals surface area contributed by atoms with Crippen LogP contribution in [0.25, 0.3) is 0 Å². The number of anilines is 1. The summed E-state index contributed by atoms with van der Waals surface area (Å²) < 4.78 is 13.9. The number of rotatable bonds is 6. The summed E-state index contributed by atoms with van der Waals surface area (Å²) in [5.74, 6) is 0.788. The van der Waals surface area contributed by atoms with Gasteiger partial charge >= 0.3 is 0 Å². The van der Waals surface area contributed by atoms with Gasteiger partial charge in [0, 0.05) is 31.2 Å². The fourth-order valence-corrected chi connectivity index (χ4v) is 4.95. The van der Waals surface area contributed by atoms with Crippen LogP contribution in [0.15, 0.2) is 67.0 Å². The fraction of sp³-hybridized carbons (Fsp3) is 0.333. The smallest absolute Gasteiger partial charge is 0.174 e. The number of nitrogens with one attached hydrogen (secondary N) is 1.